The summed E-state index contributed by atoms with van der Waals surface area (Å²) in [7, 11) is -2.32. The van der Waals surface area contributed by atoms with Crippen LogP contribution in [0.15, 0.2) is 77.7 Å². The molecule has 2 N–H and O–H groups in total. The van der Waals surface area contributed by atoms with E-state index in [2.05, 4.69) is 10.0 Å². The highest BCUT2D eigenvalue weighted by Crippen LogP contribution is 2.25. The number of rotatable bonds is 8. The number of hydrogen-bond acceptors (Lipinski definition) is 6. The molecular weight excluding hydrogens is 432 g/mol. The first-order valence-corrected chi connectivity index (χ1v) is 11.1. The predicted octanol–water partition coefficient (Wildman–Crippen LogP) is 3.60. The quantitative estimate of drug-likeness (QED) is 0.503. The van der Waals surface area contributed by atoms with E-state index in [0.29, 0.717) is 17.1 Å². The lowest BCUT2D eigenvalue weighted by Crippen LogP contribution is -2.21. The number of hydrogen-bond donors (Lipinski definition) is 2. The first-order chi connectivity index (χ1) is 15.3. The van der Waals surface area contributed by atoms with Gasteiger partial charge >= 0.3 is 5.97 Å². The summed E-state index contributed by atoms with van der Waals surface area (Å²) in [6.45, 7) is 1.36. The average molecular weight is 455 g/mol. The zero-order chi connectivity index (χ0) is 23.1. The molecular formula is C23H22N2O6S. The van der Waals surface area contributed by atoms with Gasteiger partial charge in [-0.15, -0.1) is 0 Å². The first-order valence-electron chi connectivity index (χ1n) is 9.58. The van der Waals surface area contributed by atoms with Crippen molar-refractivity contribution in [2.75, 3.05) is 23.8 Å². The Morgan fingerprint density at radius 1 is 0.938 bits per heavy atom. The molecule has 0 aliphatic rings. The maximum Gasteiger partial charge on any atom is 0.338 e. The summed E-state index contributed by atoms with van der Waals surface area (Å²) >= 11 is 0. The molecule has 8 nitrogen and oxygen atoms in total. The monoisotopic (exact) mass is 454 g/mol. The standard InChI is InChI=1S/C23H22N2O6S/c1-16-8-13-21(30-2)20(14-16)24-22(26)15-31-23(27)17-9-11-19(12-10-17)32(28,29)25-18-6-4-3-5-7-18/h3-14,25H,15H2,1-2H3,(H,24,26). The molecule has 0 saturated heterocycles. The summed E-state index contributed by atoms with van der Waals surface area (Å²) in [5.41, 5.74) is 1.93. The molecule has 32 heavy (non-hydrogen) atoms. The van der Waals surface area contributed by atoms with Gasteiger partial charge in [0, 0.05) is 5.69 Å². The molecule has 0 heterocycles. The van der Waals surface area contributed by atoms with E-state index in [1.54, 1.807) is 42.5 Å². The van der Waals surface area contributed by atoms with Crippen LogP contribution in [0, 0.1) is 6.92 Å². The van der Waals surface area contributed by atoms with Gasteiger partial charge in [0.2, 0.25) is 0 Å². The fraction of sp³-hybridized carbons (Fsp3) is 0.130. The number of aryl methyl sites for hydroxylation is 1. The maximum atomic E-state index is 12.5. The predicted molar refractivity (Wildman–Crippen MR) is 120 cm³/mol. The molecule has 0 unspecified atom stereocenters. The third kappa shape index (κ3) is 5.86. The molecule has 0 radical (unpaired) electrons. The molecule has 0 aromatic heterocycles. The SMILES string of the molecule is COc1ccc(C)cc1NC(=O)COC(=O)c1ccc(S(=O)(=O)Nc2ccccc2)cc1. The summed E-state index contributed by atoms with van der Waals surface area (Å²) in [6, 6.07) is 19.0. The second-order valence-electron chi connectivity index (χ2n) is 6.82. The first kappa shape index (κ1) is 22.8. The van der Waals surface area contributed by atoms with Crippen molar-refractivity contribution in [3.05, 3.63) is 83.9 Å². The molecule has 0 spiro atoms. The summed E-state index contributed by atoms with van der Waals surface area (Å²) in [5, 5.41) is 2.63. The topological polar surface area (TPSA) is 111 Å². The van der Waals surface area contributed by atoms with E-state index >= 15 is 0 Å². The van der Waals surface area contributed by atoms with Gasteiger partial charge in [-0.05, 0) is 61.0 Å². The lowest BCUT2D eigenvalue weighted by molar-refractivity contribution is -0.119. The van der Waals surface area contributed by atoms with Gasteiger partial charge in [0.05, 0.1) is 23.3 Å². The molecule has 1 amide bonds. The number of carbonyl (C=O) groups is 2. The lowest BCUT2D eigenvalue weighted by atomic mass is 10.2. The summed E-state index contributed by atoms with van der Waals surface area (Å²) in [5.74, 6) is -0.805. The van der Waals surface area contributed by atoms with Crippen molar-refractivity contribution < 1.29 is 27.5 Å². The van der Waals surface area contributed by atoms with Crippen LogP contribution in [0.1, 0.15) is 15.9 Å². The number of methoxy groups -OCH3 is 1. The third-order valence-corrected chi connectivity index (χ3v) is 5.79. The summed E-state index contributed by atoms with van der Waals surface area (Å²) < 4.78 is 37.6. The number of para-hydroxylation sites is 1. The smallest absolute Gasteiger partial charge is 0.338 e. The molecule has 0 fully saturated rings. The number of benzene rings is 3. The highest BCUT2D eigenvalue weighted by molar-refractivity contribution is 7.92. The fourth-order valence-electron chi connectivity index (χ4n) is 2.81. The van der Waals surface area contributed by atoms with E-state index in [9.17, 15) is 18.0 Å². The number of amides is 1. The van der Waals surface area contributed by atoms with Crippen LogP contribution in [0.4, 0.5) is 11.4 Å². The van der Waals surface area contributed by atoms with Gasteiger partial charge in [-0.2, -0.15) is 0 Å². The summed E-state index contributed by atoms with van der Waals surface area (Å²) in [4.78, 5) is 24.4. The highest BCUT2D eigenvalue weighted by atomic mass is 32.2. The Bertz CT molecular complexity index is 1210. The Kier molecular flexibility index (Phi) is 7.11. The molecule has 0 bridgehead atoms. The van der Waals surface area contributed by atoms with Crippen molar-refractivity contribution in [3.8, 4) is 5.75 Å². The number of sulfonamides is 1. The van der Waals surface area contributed by atoms with Gasteiger partial charge < -0.3 is 14.8 Å². The molecule has 0 aliphatic heterocycles. The highest BCUT2D eigenvalue weighted by Gasteiger charge is 2.17. The minimum absolute atomic E-state index is 0.0119. The van der Waals surface area contributed by atoms with Crippen LogP contribution in [-0.2, 0) is 19.6 Å². The molecule has 166 valence electrons. The van der Waals surface area contributed by atoms with Crippen LogP contribution in [0.25, 0.3) is 0 Å². The molecule has 3 aromatic carbocycles. The van der Waals surface area contributed by atoms with Crippen LogP contribution >= 0.6 is 0 Å². The largest absolute Gasteiger partial charge is 0.495 e. The van der Waals surface area contributed by atoms with Gasteiger partial charge in [0.25, 0.3) is 15.9 Å². The Labute approximate surface area is 186 Å². The van der Waals surface area contributed by atoms with Gasteiger partial charge in [-0.3, -0.25) is 9.52 Å². The van der Waals surface area contributed by atoms with E-state index < -0.39 is 28.5 Å². The number of nitrogens with one attached hydrogen (secondary N) is 2. The zero-order valence-electron chi connectivity index (χ0n) is 17.5. The van der Waals surface area contributed by atoms with Crippen LogP contribution in [-0.4, -0.2) is 34.0 Å². The zero-order valence-corrected chi connectivity index (χ0v) is 18.3. The van der Waals surface area contributed by atoms with Gasteiger partial charge in [-0.1, -0.05) is 24.3 Å². The molecule has 0 aliphatic carbocycles. The normalized spacial score (nSPS) is 10.8. The number of ether oxygens (including phenoxy) is 2. The second kappa shape index (κ2) is 9.97. The number of carbonyl (C=O) groups excluding carboxylic acids is 2. The van der Waals surface area contributed by atoms with E-state index in [-0.39, 0.29) is 10.5 Å². The minimum Gasteiger partial charge on any atom is -0.495 e. The van der Waals surface area contributed by atoms with E-state index in [1.807, 2.05) is 13.0 Å². The Hall–Kier alpha value is -3.85. The second-order valence-corrected chi connectivity index (χ2v) is 8.51. The van der Waals surface area contributed by atoms with Crippen molar-refractivity contribution in [1.29, 1.82) is 0 Å². The van der Waals surface area contributed by atoms with E-state index in [4.69, 9.17) is 9.47 Å². The van der Waals surface area contributed by atoms with Crippen LogP contribution in [0.5, 0.6) is 5.75 Å². The van der Waals surface area contributed by atoms with Crippen molar-refractivity contribution in [1.82, 2.24) is 0 Å². The van der Waals surface area contributed by atoms with Gasteiger partial charge in [0.1, 0.15) is 5.75 Å². The molecule has 3 aromatic rings. The molecule has 0 atom stereocenters. The van der Waals surface area contributed by atoms with Crippen molar-refractivity contribution in [2.45, 2.75) is 11.8 Å². The summed E-state index contributed by atoms with van der Waals surface area (Å²) in [6.07, 6.45) is 0. The molecule has 9 heteroatoms. The van der Waals surface area contributed by atoms with Crippen LogP contribution < -0.4 is 14.8 Å². The van der Waals surface area contributed by atoms with Crippen molar-refractivity contribution in [2.24, 2.45) is 0 Å². The Morgan fingerprint density at radius 2 is 1.62 bits per heavy atom. The van der Waals surface area contributed by atoms with Crippen molar-refractivity contribution in [3.63, 3.8) is 0 Å². The van der Waals surface area contributed by atoms with Crippen LogP contribution in [0.2, 0.25) is 0 Å². The third-order valence-electron chi connectivity index (χ3n) is 4.39. The Balaban J connectivity index is 1.59. The van der Waals surface area contributed by atoms with Crippen molar-refractivity contribution >= 4 is 33.3 Å². The Morgan fingerprint density at radius 3 is 2.28 bits per heavy atom. The minimum atomic E-state index is -3.80. The number of anilines is 2. The van der Waals surface area contributed by atoms with Crippen LogP contribution in [0.3, 0.4) is 0 Å². The average Bonchev–Trinajstić information content (AvgIpc) is 2.78. The maximum absolute atomic E-state index is 12.5. The lowest BCUT2D eigenvalue weighted by Gasteiger charge is -2.11. The van der Waals surface area contributed by atoms with Gasteiger partial charge in [0.15, 0.2) is 6.61 Å². The number of esters is 1. The van der Waals surface area contributed by atoms with E-state index in [0.717, 1.165) is 5.56 Å². The molecule has 0 saturated carbocycles. The molecule has 3 rings (SSSR count). The van der Waals surface area contributed by atoms with E-state index in [1.165, 1.54) is 31.4 Å². The fourth-order valence-corrected chi connectivity index (χ4v) is 3.87. The van der Waals surface area contributed by atoms with Gasteiger partial charge in [-0.25, -0.2) is 13.2 Å².